The summed E-state index contributed by atoms with van der Waals surface area (Å²) in [5.41, 5.74) is 25.7. The highest BCUT2D eigenvalue weighted by Gasteiger charge is 2.33. The number of halogens is 2. The van der Waals surface area contributed by atoms with Gasteiger partial charge in [0.1, 0.15) is 54.3 Å². The van der Waals surface area contributed by atoms with Crippen LogP contribution in [0.2, 0.25) is 5.02 Å². The maximum atomic E-state index is 13.4. The SMILES string of the molecule is CC(=O)[C@@H](C)NP(=O)(COCCn1cnc2c(=O)[nH]c(N)nc21)OCc1cccc(Cl)c1.CC(=O)[C@@H](C)NP(=O)(COCCn1cnc2c(=O)[nH]c(N)nc21)OCc1cccc(F)c1.CC(=O)[C@@H](C)NP(=O)(COCCn1cnc2c(=O)[nH]c(N)nc21)OCc1ccccc1.[C-]#[N+]c1ccc(COP(=O)(COCCn2cnc3c(=O)[nH]c(N)nc32)N[C@@H](C)C(C)=O)cc1. The van der Waals surface area contributed by atoms with Crippen LogP contribution in [0.15, 0.2) is 148 Å². The predicted molar refractivity (Wildman–Crippen MR) is 473 cm³/mol. The summed E-state index contributed by atoms with van der Waals surface area (Å²) in [5.74, 6) is -1.31. The maximum absolute atomic E-state index is 13.4. The van der Waals surface area contributed by atoms with E-state index in [4.69, 9.17) is 78.2 Å². The minimum atomic E-state index is -3.61. The molecule has 0 fully saturated rings. The van der Waals surface area contributed by atoms with Crippen LogP contribution >= 0.6 is 41.7 Å². The first kappa shape index (κ1) is 100. The van der Waals surface area contributed by atoms with Crippen molar-refractivity contribution in [2.75, 3.05) is 74.8 Å². The van der Waals surface area contributed by atoms with Gasteiger partial charge in [-0.25, -0.2) is 49.5 Å². The molecule has 0 aliphatic rings. The van der Waals surface area contributed by atoms with E-state index in [1.54, 1.807) is 101 Å². The standard InChI is InChI=1S/C20H24N7O5P.C19H24ClN6O5P.C19H24FN6O5P.C19H25N6O5P/c1-13(14(2)28)26-33(30,32-10-15-4-6-16(22-3)7-5-15)12-31-9-8-27-11-23-17-18(27)24-20(21)25-19(17)29;2*1-12(13(2)27)25-32(29,31-9-14-4-3-5-15(20)8-14)11-30-7-6-26-10-22-16-17(26)23-19(21)24-18(16)28;1-13(14(2)26)24-31(28,30-10-15-6-4-3-5-7-15)12-29-9-8-25-11-21-16-17(25)22-19(20)23-18(16)27/h4-7,11,13H,8-10,12H2,1-2H3,(H,26,30)(H3,21,24,25,29);2*3-5,8,10,12H,6-7,9,11H2,1-2H3,(H,25,29)(H3,21,23,24,28);3-7,11,13H,8-10,12H2,1-2H3,(H,24,28)(H3,20,22,23,27)/t13-,33?;2*12-,32?;13-,31?/m0111/s1. The second-order valence-electron chi connectivity index (χ2n) is 28.6. The molecule has 16 N–H and O–H groups in total. The van der Waals surface area contributed by atoms with Crippen molar-refractivity contribution >= 4 is 139 Å². The van der Waals surface area contributed by atoms with Gasteiger partial charge in [0, 0.05) is 31.2 Å². The lowest BCUT2D eigenvalue weighted by Crippen LogP contribution is -2.32. The third-order valence-corrected chi connectivity index (χ3v) is 26.0. The molecule has 8 atom stereocenters. The number of nitrogens with two attached hydrogens (primary N) is 4. The Kier molecular flexibility index (Phi) is 36.6. The van der Waals surface area contributed by atoms with E-state index in [1.807, 2.05) is 30.3 Å². The molecule has 0 aliphatic carbocycles. The highest BCUT2D eigenvalue weighted by Crippen LogP contribution is 2.47. The monoisotopic (exact) mass is 1870 g/mol. The van der Waals surface area contributed by atoms with Crippen molar-refractivity contribution in [3.63, 3.8) is 0 Å². The zero-order valence-corrected chi connectivity index (χ0v) is 74.9. The number of H-pyrrole nitrogens is 4. The van der Waals surface area contributed by atoms with Gasteiger partial charge < -0.3 is 78.2 Å². The van der Waals surface area contributed by atoms with Crippen molar-refractivity contribution in [1.82, 2.24) is 98.4 Å². The Balaban J connectivity index is 0.000000193. The maximum Gasteiger partial charge on any atom is 0.295 e. The number of ether oxygens (including phenoxy) is 4. The highest BCUT2D eigenvalue weighted by molar-refractivity contribution is 7.57. The summed E-state index contributed by atoms with van der Waals surface area (Å²) >= 11 is 5.98. The molecule has 4 unspecified atom stereocenters. The molecule has 0 bridgehead atoms. The molecule has 128 heavy (non-hydrogen) atoms. The van der Waals surface area contributed by atoms with Crippen LogP contribution in [-0.2, 0) is 127 Å². The van der Waals surface area contributed by atoms with E-state index in [-0.39, 0.29) is 167 Å². The predicted octanol–water partition coefficient (Wildman–Crippen LogP) is 7.95. The van der Waals surface area contributed by atoms with Crippen molar-refractivity contribution in [3.8, 4) is 0 Å². The van der Waals surface area contributed by atoms with Gasteiger partial charge in [-0.2, -0.15) is 19.9 Å². The molecule has 0 aliphatic heterocycles. The van der Waals surface area contributed by atoms with Gasteiger partial charge in [-0.1, -0.05) is 90.5 Å². The van der Waals surface area contributed by atoms with Crippen LogP contribution in [0.4, 0.5) is 33.9 Å². The number of nitrogens with zero attached hydrogens (tertiary/aromatic N) is 13. The van der Waals surface area contributed by atoms with Crippen molar-refractivity contribution < 1.29 is 78.9 Å². The summed E-state index contributed by atoms with van der Waals surface area (Å²) in [7, 11) is -14.2. The van der Waals surface area contributed by atoms with Crippen LogP contribution in [0.3, 0.4) is 0 Å². The molecule has 0 spiro atoms. The number of hydrogen-bond donors (Lipinski definition) is 12. The summed E-state index contributed by atoms with van der Waals surface area (Å²) in [5, 5.41) is 11.5. The Labute approximate surface area is 733 Å². The zero-order chi connectivity index (χ0) is 93.0. The Morgan fingerprint density at radius 2 is 0.695 bits per heavy atom. The number of aromatic amines is 4. The minimum absolute atomic E-state index is 0.00861. The average Bonchev–Trinajstić information content (AvgIpc) is 1.67. The molecule has 51 heteroatoms. The van der Waals surface area contributed by atoms with Gasteiger partial charge in [0.15, 0.2) is 50.3 Å². The number of Topliss-reactive ketones (excluding diaryl/α,β-unsaturated/α-hetero) is 4. The van der Waals surface area contributed by atoms with E-state index in [9.17, 15) is 61.0 Å². The van der Waals surface area contributed by atoms with E-state index in [1.165, 1.54) is 71.2 Å². The van der Waals surface area contributed by atoms with Crippen LogP contribution in [0.5, 0.6) is 0 Å². The number of carbonyl (C=O) groups excluding carboxylic acids is 4. The lowest BCUT2D eigenvalue weighted by molar-refractivity contribution is -0.119. The van der Waals surface area contributed by atoms with E-state index in [0.29, 0.717) is 45.4 Å². The minimum Gasteiger partial charge on any atom is -0.369 e. The molecule has 0 radical (unpaired) electrons. The van der Waals surface area contributed by atoms with Gasteiger partial charge in [0.25, 0.3) is 52.3 Å². The van der Waals surface area contributed by atoms with Crippen molar-refractivity contribution in [1.29, 1.82) is 0 Å². The number of rotatable bonds is 44. The first-order valence-corrected chi connectivity index (χ1v) is 46.6. The number of fused-ring (bicyclic) bond motifs is 4. The van der Waals surface area contributed by atoms with Gasteiger partial charge >= 0.3 is 0 Å². The molecule has 12 rings (SSSR count). The number of benzene rings is 4. The van der Waals surface area contributed by atoms with Gasteiger partial charge in [-0.3, -0.25) is 76.6 Å². The average molecular weight is 1870 g/mol. The van der Waals surface area contributed by atoms with Gasteiger partial charge in [0.05, 0.1) is 109 Å². The first-order valence-electron chi connectivity index (χ1n) is 39.0. The quantitative estimate of drug-likeness (QED) is 0.00978. The Morgan fingerprint density at radius 1 is 0.422 bits per heavy atom. The summed E-state index contributed by atoms with van der Waals surface area (Å²) in [4.78, 5) is 139. The third-order valence-electron chi connectivity index (χ3n) is 18.4. The normalized spacial score (nSPS) is 14.3. The van der Waals surface area contributed by atoms with Crippen molar-refractivity contribution in [2.24, 2.45) is 0 Å². The van der Waals surface area contributed by atoms with Crippen molar-refractivity contribution in [3.05, 3.63) is 214 Å². The van der Waals surface area contributed by atoms with Crippen LogP contribution in [0.1, 0.15) is 77.6 Å². The Morgan fingerprint density at radius 3 is 0.977 bits per heavy atom. The molecule has 12 aromatic rings. The fourth-order valence-corrected chi connectivity index (χ4v) is 18.2. The molecule has 8 heterocycles. The fourth-order valence-electron chi connectivity index (χ4n) is 11.1. The first-order chi connectivity index (χ1) is 60.8. The molecule has 8 aromatic heterocycles. The lowest BCUT2D eigenvalue weighted by atomic mass is 10.2. The van der Waals surface area contributed by atoms with E-state index in [2.05, 4.69) is 85.0 Å². The zero-order valence-electron chi connectivity index (χ0n) is 70.6. The molecule has 684 valence electrons. The second kappa shape index (κ2) is 46.9. The number of ketones is 4. The number of carbonyl (C=O) groups is 4. The number of nitrogen functional groups attached to an aromatic ring is 4. The van der Waals surface area contributed by atoms with Gasteiger partial charge in [0.2, 0.25) is 23.8 Å². The summed E-state index contributed by atoms with van der Waals surface area (Å²) in [6.07, 6.45) is 4.64. The van der Waals surface area contributed by atoms with Crippen molar-refractivity contribution in [2.45, 2.75) is 132 Å². The molecular weight excluding hydrogens is 1770 g/mol. The summed E-state index contributed by atoms with van der Waals surface area (Å²) in [6.45, 7) is 20.5. The number of nitrogens with one attached hydrogen (secondary N) is 8. The molecule has 0 saturated heterocycles. The molecule has 4 aromatic carbocycles. The van der Waals surface area contributed by atoms with E-state index < -0.39 is 82.3 Å². The fraction of sp³-hybridized carbons (Fsp3) is 0.364. The largest absolute Gasteiger partial charge is 0.369 e. The molecule has 0 amide bonds. The Hall–Kier alpha value is -11.7. The molecular formula is C77H97ClFN25O20P4. The van der Waals surface area contributed by atoms with E-state index >= 15 is 0 Å². The topological polar surface area (TPSA) is 621 Å². The third kappa shape index (κ3) is 30.2. The number of imidazole rings is 4. The summed E-state index contributed by atoms with van der Waals surface area (Å²) < 4.78 is 118. The van der Waals surface area contributed by atoms with E-state index in [0.717, 1.165) is 16.7 Å². The van der Waals surface area contributed by atoms with Crippen LogP contribution in [0, 0.1) is 12.4 Å². The molecule has 45 nitrogen and oxygen atoms in total. The number of hydrogen-bond acceptors (Lipinski definition) is 32. The Bertz CT molecular complexity index is 6180. The van der Waals surface area contributed by atoms with Gasteiger partial charge in [-0.05, 0) is 102 Å². The highest BCUT2D eigenvalue weighted by atomic mass is 35.5. The summed E-state index contributed by atoms with van der Waals surface area (Å²) in [6, 6.07) is 25.9. The lowest BCUT2D eigenvalue weighted by Gasteiger charge is -2.22. The van der Waals surface area contributed by atoms with Crippen LogP contribution in [0.25, 0.3) is 49.5 Å². The number of aromatic nitrogens is 16. The molecule has 0 saturated carbocycles. The van der Waals surface area contributed by atoms with Gasteiger partial charge in [-0.15, -0.1) is 0 Å². The smallest absolute Gasteiger partial charge is 0.295 e. The van der Waals surface area contributed by atoms with Crippen LogP contribution < -0.4 is 65.5 Å². The second-order valence-corrected chi connectivity index (χ2v) is 37.5. The number of anilines is 4. The van der Waals surface area contributed by atoms with Crippen LogP contribution in [-0.4, -0.2) is 177 Å².